The zero-order valence-electron chi connectivity index (χ0n) is 10.3. The number of fused-ring (bicyclic) bond motifs is 1. The highest BCUT2D eigenvalue weighted by molar-refractivity contribution is 5.52. The van der Waals surface area contributed by atoms with Crippen LogP contribution in [-0.2, 0) is 11.2 Å². The molecule has 1 N–H and O–H groups in total. The predicted octanol–water partition coefficient (Wildman–Crippen LogP) is 3.37. The van der Waals surface area contributed by atoms with Crippen LogP contribution in [0.2, 0.25) is 0 Å². The lowest BCUT2D eigenvalue weighted by Gasteiger charge is -2.20. The highest BCUT2D eigenvalue weighted by Gasteiger charge is 2.22. The maximum atomic E-state index is 6.20. The second kappa shape index (κ2) is 5.09. The van der Waals surface area contributed by atoms with Crippen molar-refractivity contribution in [2.45, 2.75) is 50.7 Å². The van der Waals surface area contributed by atoms with Crippen LogP contribution < -0.4 is 5.32 Å². The molecule has 1 saturated carbocycles. The van der Waals surface area contributed by atoms with Crippen molar-refractivity contribution in [3.05, 3.63) is 29.8 Å². The number of benzene rings is 1. The van der Waals surface area contributed by atoms with Gasteiger partial charge < -0.3 is 10.1 Å². The second-order valence-electron chi connectivity index (χ2n) is 5.24. The number of nitrogens with one attached hydrogen (secondary N) is 1. The van der Waals surface area contributed by atoms with Gasteiger partial charge in [-0.1, -0.05) is 31.0 Å². The Morgan fingerprint density at radius 2 is 1.82 bits per heavy atom. The Morgan fingerprint density at radius 1 is 1.00 bits per heavy atom. The summed E-state index contributed by atoms with van der Waals surface area (Å²) in [5.74, 6) is 0. The van der Waals surface area contributed by atoms with Gasteiger partial charge in [0.25, 0.3) is 0 Å². The van der Waals surface area contributed by atoms with Crippen molar-refractivity contribution in [1.82, 2.24) is 0 Å². The van der Waals surface area contributed by atoms with Crippen LogP contribution >= 0.6 is 0 Å². The van der Waals surface area contributed by atoms with Crippen molar-refractivity contribution in [3.8, 4) is 0 Å². The summed E-state index contributed by atoms with van der Waals surface area (Å²) in [6.07, 6.45) is 8.46. The first kappa shape index (κ1) is 11.1. The van der Waals surface area contributed by atoms with E-state index in [1.165, 1.54) is 36.9 Å². The van der Waals surface area contributed by atoms with Crippen LogP contribution in [0, 0.1) is 0 Å². The van der Waals surface area contributed by atoms with Crippen LogP contribution in [0.3, 0.4) is 0 Å². The quantitative estimate of drug-likeness (QED) is 0.842. The summed E-state index contributed by atoms with van der Waals surface area (Å²) in [5.41, 5.74) is 2.73. The molecule has 1 aliphatic heterocycles. The van der Waals surface area contributed by atoms with E-state index < -0.39 is 0 Å². The molecular weight excluding hydrogens is 210 g/mol. The Bertz CT molecular complexity index is 344. The maximum absolute atomic E-state index is 6.20. The molecule has 2 nitrogen and oxygen atoms in total. The molecule has 0 amide bonds. The van der Waals surface area contributed by atoms with Gasteiger partial charge in [0.15, 0.2) is 0 Å². The van der Waals surface area contributed by atoms with E-state index in [0.717, 1.165) is 19.4 Å². The SMILES string of the molecule is c1ccc2c(c1)CCC(OC1CCCC1)CN2. The summed E-state index contributed by atoms with van der Waals surface area (Å²) in [5, 5.41) is 3.52. The second-order valence-corrected chi connectivity index (χ2v) is 5.24. The third-order valence-corrected chi connectivity index (χ3v) is 3.96. The fourth-order valence-electron chi connectivity index (χ4n) is 2.97. The summed E-state index contributed by atoms with van der Waals surface area (Å²) in [7, 11) is 0. The lowest BCUT2D eigenvalue weighted by molar-refractivity contribution is -0.00387. The smallest absolute Gasteiger partial charge is 0.0754 e. The third kappa shape index (κ3) is 2.63. The molecule has 1 aliphatic carbocycles. The van der Waals surface area contributed by atoms with Gasteiger partial charge in [-0.25, -0.2) is 0 Å². The average molecular weight is 231 g/mol. The van der Waals surface area contributed by atoms with Crippen molar-refractivity contribution >= 4 is 5.69 Å². The molecule has 2 heteroatoms. The number of hydrogen-bond donors (Lipinski definition) is 1. The number of rotatable bonds is 2. The fourth-order valence-corrected chi connectivity index (χ4v) is 2.97. The Balaban J connectivity index is 1.60. The lowest BCUT2D eigenvalue weighted by atomic mass is 10.1. The van der Waals surface area contributed by atoms with E-state index in [9.17, 15) is 0 Å². The number of aryl methyl sites for hydroxylation is 1. The van der Waals surface area contributed by atoms with E-state index >= 15 is 0 Å². The highest BCUT2D eigenvalue weighted by atomic mass is 16.5. The van der Waals surface area contributed by atoms with Gasteiger partial charge in [0, 0.05) is 12.2 Å². The molecule has 0 aromatic heterocycles. The van der Waals surface area contributed by atoms with Crippen molar-refractivity contribution in [3.63, 3.8) is 0 Å². The van der Waals surface area contributed by atoms with Gasteiger partial charge in [-0.2, -0.15) is 0 Å². The van der Waals surface area contributed by atoms with Crippen LogP contribution in [0.15, 0.2) is 24.3 Å². The summed E-state index contributed by atoms with van der Waals surface area (Å²) in [4.78, 5) is 0. The average Bonchev–Trinajstić information content (AvgIpc) is 2.78. The van der Waals surface area contributed by atoms with Crippen molar-refractivity contribution < 1.29 is 4.74 Å². The van der Waals surface area contributed by atoms with E-state index in [4.69, 9.17) is 4.74 Å². The summed E-state index contributed by atoms with van der Waals surface area (Å²) in [6, 6.07) is 8.62. The van der Waals surface area contributed by atoms with Crippen molar-refractivity contribution in [2.75, 3.05) is 11.9 Å². The van der Waals surface area contributed by atoms with Crippen LogP contribution in [-0.4, -0.2) is 18.8 Å². The molecule has 1 heterocycles. The van der Waals surface area contributed by atoms with Gasteiger partial charge in [0.1, 0.15) is 0 Å². The topological polar surface area (TPSA) is 21.3 Å². The van der Waals surface area contributed by atoms with Crippen LogP contribution in [0.5, 0.6) is 0 Å². The monoisotopic (exact) mass is 231 g/mol. The maximum Gasteiger partial charge on any atom is 0.0754 e. The van der Waals surface area contributed by atoms with E-state index in [1.807, 2.05) is 0 Å². The van der Waals surface area contributed by atoms with Gasteiger partial charge >= 0.3 is 0 Å². The van der Waals surface area contributed by atoms with Crippen molar-refractivity contribution in [2.24, 2.45) is 0 Å². The van der Waals surface area contributed by atoms with Gasteiger partial charge in [-0.3, -0.25) is 0 Å². The molecule has 0 saturated heterocycles. The number of hydrogen-bond acceptors (Lipinski definition) is 2. The van der Waals surface area contributed by atoms with E-state index in [2.05, 4.69) is 29.6 Å². The normalized spacial score (nSPS) is 25.1. The Labute approximate surface area is 103 Å². The molecular formula is C15H21NO. The Hall–Kier alpha value is -1.02. The first-order valence-electron chi connectivity index (χ1n) is 6.89. The minimum Gasteiger partial charge on any atom is -0.382 e. The molecule has 0 radical (unpaired) electrons. The van der Waals surface area contributed by atoms with Gasteiger partial charge in [0.05, 0.1) is 12.2 Å². The largest absolute Gasteiger partial charge is 0.382 e. The Kier molecular flexibility index (Phi) is 3.32. The van der Waals surface area contributed by atoms with Crippen LogP contribution in [0.25, 0.3) is 0 Å². The van der Waals surface area contributed by atoms with Gasteiger partial charge in [0.2, 0.25) is 0 Å². The van der Waals surface area contributed by atoms with E-state index in [-0.39, 0.29) is 0 Å². The molecule has 1 aromatic carbocycles. The van der Waals surface area contributed by atoms with Crippen molar-refractivity contribution in [1.29, 1.82) is 0 Å². The predicted molar refractivity (Wildman–Crippen MR) is 70.4 cm³/mol. The summed E-state index contributed by atoms with van der Waals surface area (Å²) >= 11 is 0. The first-order valence-corrected chi connectivity index (χ1v) is 6.89. The minimum absolute atomic E-state index is 0.394. The summed E-state index contributed by atoms with van der Waals surface area (Å²) < 4.78 is 6.20. The molecule has 3 rings (SSSR count). The van der Waals surface area contributed by atoms with Crippen LogP contribution in [0.4, 0.5) is 5.69 Å². The minimum atomic E-state index is 0.394. The van der Waals surface area contributed by atoms with E-state index in [0.29, 0.717) is 12.2 Å². The number of para-hydroxylation sites is 1. The third-order valence-electron chi connectivity index (χ3n) is 3.96. The molecule has 1 atom stereocenters. The zero-order chi connectivity index (χ0) is 11.5. The molecule has 0 bridgehead atoms. The lowest BCUT2D eigenvalue weighted by Crippen LogP contribution is -2.26. The van der Waals surface area contributed by atoms with Crippen LogP contribution in [0.1, 0.15) is 37.7 Å². The number of anilines is 1. The first-order chi connectivity index (χ1) is 8.42. The Morgan fingerprint density at radius 3 is 2.71 bits per heavy atom. The molecule has 92 valence electrons. The molecule has 0 spiro atoms. The van der Waals surface area contributed by atoms with Gasteiger partial charge in [-0.15, -0.1) is 0 Å². The zero-order valence-corrected chi connectivity index (χ0v) is 10.3. The summed E-state index contributed by atoms with van der Waals surface area (Å²) in [6.45, 7) is 0.966. The molecule has 2 aliphatic rings. The molecule has 1 unspecified atom stereocenters. The van der Waals surface area contributed by atoms with E-state index in [1.54, 1.807) is 0 Å². The molecule has 17 heavy (non-hydrogen) atoms. The molecule has 1 aromatic rings. The highest BCUT2D eigenvalue weighted by Crippen LogP contribution is 2.26. The standard InChI is InChI=1S/C15H21NO/c1-4-8-15-12(5-1)9-10-14(11-16-15)17-13-6-2-3-7-13/h1,4-5,8,13-14,16H,2-3,6-7,9-11H2. The van der Waals surface area contributed by atoms with Gasteiger partial charge in [-0.05, 0) is 37.3 Å². The molecule has 1 fully saturated rings. The fraction of sp³-hybridized carbons (Fsp3) is 0.600. The number of ether oxygens (including phenoxy) is 1.